The van der Waals surface area contributed by atoms with Gasteiger partial charge in [-0.3, -0.25) is 4.98 Å². The predicted octanol–water partition coefficient (Wildman–Crippen LogP) is 6.77. The molecule has 1 aliphatic rings. The summed E-state index contributed by atoms with van der Waals surface area (Å²) >= 11 is 0. The molecule has 0 spiro atoms. The normalized spacial score (nSPS) is 16.0. The maximum Gasteiger partial charge on any atom is 0.108 e. The second kappa shape index (κ2) is 6.97. The lowest BCUT2D eigenvalue weighted by Crippen LogP contribution is -2.36. The number of para-hydroxylation sites is 3. The van der Waals surface area contributed by atoms with Gasteiger partial charge in [-0.2, -0.15) is 0 Å². The van der Waals surface area contributed by atoms with E-state index in [1.54, 1.807) is 0 Å². The Morgan fingerprint density at radius 1 is 0.786 bits per heavy atom. The van der Waals surface area contributed by atoms with E-state index < -0.39 is 0 Å². The van der Waals surface area contributed by atoms with Crippen LogP contribution in [0.4, 0.5) is 22.7 Å². The third kappa shape index (κ3) is 2.86. The van der Waals surface area contributed by atoms with E-state index in [-0.39, 0.29) is 6.17 Å². The van der Waals surface area contributed by atoms with Crippen molar-refractivity contribution in [3.63, 3.8) is 0 Å². The summed E-state index contributed by atoms with van der Waals surface area (Å²) in [6, 6.07) is 17.5. The van der Waals surface area contributed by atoms with Crippen LogP contribution in [-0.2, 0) is 0 Å². The summed E-state index contributed by atoms with van der Waals surface area (Å²) in [5.74, 6) is 0.433. The van der Waals surface area contributed by atoms with Gasteiger partial charge in [-0.05, 0) is 68.5 Å². The van der Waals surface area contributed by atoms with Gasteiger partial charge in [0.1, 0.15) is 6.17 Å². The number of fused-ring (bicyclic) bond motifs is 1. The SMILES string of the molecule is Cc1cc(C(C)C)ncc1N1c2ccccc2N(c2c(C)cccc2C)[C@H]1C. The monoisotopic (exact) mass is 371 g/mol. The summed E-state index contributed by atoms with van der Waals surface area (Å²) in [5, 5.41) is 0. The lowest BCUT2D eigenvalue weighted by molar-refractivity contribution is 0.750. The van der Waals surface area contributed by atoms with Gasteiger partial charge in [-0.1, -0.05) is 44.2 Å². The van der Waals surface area contributed by atoms with Crippen molar-refractivity contribution >= 4 is 22.7 Å². The molecule has 0 bridgehead atoms. The van der Waals surface area contributed by atoms with Gasteiger partial charge >= 0.3 is 0 Å². The lowest BCUT2D eigenvalue weighted by Gasteiger charge is -2.32. The van der Waals surface area contributed by atoms with Crippen molar-refractivity contribution in [2.45, 2.75) is 53.6 Å². The third-order valence-electron chi connectivity index (χ3n) is 5.78. The molecule has 3 aromatic rings. The first-order valence-corrected chi connectivity index (χ1v) is 10.1. The van der Waals surface area contributed by atoms with Gasteiger partial charge < -0.3 is 9.80 Å². The first-order chi connectivity index (χ1) is 13.4. The number of hydrogen-bond donors (Lipinski definition) is 0. The first kappa shape index (κ1) is 18.5. The van der Waals surface area contributed by atoms with Crippen LogP contribution in [-0.4, -0.2) is 11.1 Å². The highest BCUT2D eigenvalue weighted by atomic mass is 15.4. The van der Waals surface area contributed by atoms with Gasteiger partial charge in [-0.25, -0.2) is 0 Å². The standard InChI is InChI=1S/C25H29N3/c1-16(2)21-14-19(5)24(15-26-21)27-20(6)28(23-13-8-7-12-22(23)27)25-17(3)10-9-11-18(25)4/h7-16,20H,1-6H3/t20-/m0/s1. The van der Waals surface area contributed by atoms with E-state index in [0.29, 0.717) is 5.92 Å². The van der Waals surface area contributed by atoms with Crippen molar-refractivity contribution < 1.29 is 0 Å². The summed E-state index contributed by atoms with van der Waals surface area (Å²) in [4.78, 5) is 9.66. The zero-order chi connectivity index (χ0) is 20.0. The molecule has 3 heteroatoms. The average Bonchev–Trinajstić information content (AvgIpc) is 2.94. The molecular formula is C25H29N3. The van der Waals surface area contributed by atoms with E-state index in [1.165, 1.54) is 39.4 Å². The smallest absolute Gasteiger partial charge is 0.108 e. The Kier molecular flexibility index (Phi) is 4.62. The highest BCUT2D eigenvalue weighted by Gasteiger charge is 2.36. The van der Waals surface area contributed by atoms with E-state index in [9.17, 15) is 0 Å². The minimum Gasteiger partial charge on any atom is -0.318 e. The molecule has 0 amide bonds. The largest absolute Gasteiger partial charge is 0.318 e. The van der Waals surface area contributed by atoms with Crippen molar-refractivity contribution in [1.29, 1.82) is 0 Å². The fourth-order valence-electron chi connectivity index (χ4n) is 4.35. The first-order valence-electron chi connectivity index (χ1n) is 10.1. The number of anilines is 4. The van der Waals surface area contributed by atoms with Gasteiger partial charge in [0, 0.05) is 11.4 Å². The molecule has 0 fully saturated rings. The van der Waals surface area contributed by atoms with Crippen LogP contribution in [0.2, 0.25) is 0 Å². The summed E-state index contributed by atoms with van der Waals surface area (Å²) < 4.78 is 0. The van der Waals surface area contributed by atoms with Crippen molar-refractivity contribution in [2.75, 3.05) is 9.80 Å². The molecular weight excluding hydrogens is 342 g/mol. The Balaban J connectivity index is 1.88. The van der Waals surface area contributed by atoms with E-state index in [0.717, 1.165) is 5.69 Å². The number of aryl methyl sites for hydroxylation is 3. The minimum atomic E-state index is 0.169. The van der Waals surface area contributed by atoms with Gasteiger partial charge in [0.2, 0.25) is 0 Å². The zero-order valence-electron chi connectivity index (χ0n) is 17.7. The van der Waals surface area contributed by atoms with E-state index >= 15 is 0 Å². The molecule has 28 heavy (non-hydrogen) atoms. The molecule has 0 saturated heterocycles. The number of rotatable bonds is 3. The maximum atomic E-state index is 4.76. The van der Waals surface area contributed by atoms with Crippen LogP contribution >= 0.6 is 0 Å². The zero-order valence-corrected chi connectivity index (χ0v) is 17.7. The predicted molar refractivity (Wildman–Crippen MR) is 119 cm³/mol. The van der Waals surface area contributed by atoms with Crippen LogP contribution < -0.4 is 9.80 Å². The van der Waals surface area contributed by atoms with Crippen molar-refractivity contribution in [2.24, 2.45) is 0 Å². The van der Waals surface area contributed by atoms with Gasteiger partial charge in [0.15, 0.2) is 0 Å². The molecule has 0 unspecified atom stereocenters. The Labute approximate surface area is 168 Å². The van der Waals surface area contributed by atoms with Crippen LogP contribution in [0.1, 0.15) is 49.1 Å². The number of hydrogen-bond acceptors (Lipinski definition) is 3. The molecule has 0 aliphatic carbocycles. The molecule has 1 aliphatic heterocycles. The fourth-order valence-corrected chi connectivity index (χ4v) is 4.35. The minimum absolute atomic E-state index is 0.169. The summed E-state index contributed by atoms with van der Waals surface area (Å²) in [5.41, 5.74) is 9.98. The van der Waals surface area contributed by atoms with Gasteiger partial charge in [0.05, 0.1) is 23.3 Å². The van der Waals surface area contributed by atoms with Crippen LogP contribution in [0.3, 0.4) is 0 Å². The Hall–Kier alpha value is -2.81. The Morgan fingerprint density at radius 3 is 1.96 bits per heavy atom. The molecule has 3 nitrogen and oxygen atoms in total. The number of aromatic nitrogens is 1. The van der Waals surface area contributed by atoms with Gasteiger partial charge in [-0.15, -0.1) is 0 Å². The second-order valence-corrected chi connectivity index (χ2v) is 8.15. The molecule has 0 N–H and O–H groups in total. The van der Waals surface area contributed by atoms with Crippen molar-refractivity contribution in [3.8, 4) is 0 Å². The van der Waals surface area contributed by atoms with Crippen molar-refractivity contribution in [1.82, 2.24) is 4.98 Å². The van der Waals surface area contributed by atoms with Crippen molar-refractivity contribution in [3.05, 3.63) is 77.1 Å². The maximum absolute atomic E-state index is 4.76. The molecule has 4 rings (SSSR count). The van der Waals surface area contributed by atoms with Crippen LogP contribution in [0, 0.1) is 20.8 Å². The average molecular weight is 372 g/mol. The van der Waals surface area contributed by atoms with Crippen LogP contribution in [0.5, 0.6) is 0 Å². The molecule has 1 aromatic heterocycles. The molecule has 1 atom stereocenters. The molecule has 2 aromatic carbocycles. The van der Waals surface area contributed by atoms with E-state index in [1.807, 2.05) is 6.20 Å². The van der Waals surface area contributed by atoms with E-state index in [2.05, 4.69) is 99.9 Å². The summed E-state index contributed by atoms with van der Waals surface area (Å²) in [6.07, 6.45) is 2.22. The lowest BCUT2D eigenvalue weighted by atomic mass is 10.1. The molecule has 144 valence electrons. The topological polar surface area (TPSA) is 19.4 Å². The number of nitrogens with zero attached hydrogens (tertiary/aromatic N) is 3. The van der Waals surface area contributed by atoms with Gasteiger partial charge in [0.25, 0.3) is 0 Å². The fraction of sp³-hybridized carbons (Fsp3) is 0.320. The molecule has 0 saturated carbocycles. The molecule has 0 radical (unpaired) electrons. The molecule has 2 heterocycles. The number of benzene rings is 2. The highest BCUT2D eigenvalue weighted by Crippen LogP contribution is 2.49. The third-order valence-corrected chi connectivity index (χ3v) is 5.78. The summed E-state index contributed by atoms with van der Waals surface area (Å²) in [6.45, 7) is 13.3. The van der Waals surface area contributed by atoms with E-state index in [4.69, 9.17) is 4.98 Å². The highest BCUT2D eigenvalue weighted by molar-refractivity contribution is 5.89. The van der Waals surface area contributed by atoms with Crippen LogP contribution in [0.15, 0.2) is 54.7 Å². The Bertz CT molecular complexity index is 1000. The second-order valence-electron chi connectivity index (χ2n) is 8.15. The quantitative estimate of drug-likeness (QED) is 0.506. The number of pyridine rings is 1. The summed E-state index contributed by atoms with van der Waals surface area (Å²) in [7, 11) is 0. The van der Waals surface area contributed by atoms with Crippen LogP contribution in [0.25, 0.3) is 0 Å². The Morgan fingerprint density at radius 2 is 1.39 bits per heavy atom.